The highest BCUT2D eigenvalue weighted by molar-refractivity contribution is 6.35. The predicted octanol–water partition coefficient (Wildman–Crippen LogP) is 5.83. The van der Waals surface area contributed by atoms with Gasteiger partial charge in [0.15, 0.2) is 0 Å². The van der Waals surface area contributed by atoms with Gasteiger partial charge in [0.1, 0.15) is 11.6 Å². The minimum Gasteiger partial charge on any atom is -0.497 e. The molecule has 32 heavy (non-hydrogen) atoms. The van der Waals surface area contributed by atoms with E-state index in [-0.39, 0.29) is 6.04 Å². The third kappa shape index (κ3) is 6.47. The number of nitrogens with one attached hydrogen (secondary N) is 2. The monoisotopic (exact) mass is 455 g/mol. The Bertz CT molecular complexity index is 1010. The first-order chi connectivity index (χ1) is 15.5. The maximum absolute atomic E-state index is 6.48. The summed E-state index contributed by atoms with van der Waals surface area (Å²) in [6.45, 7) is 10.5. The number of hydrogen-bond acceptors (Lipinski definition) is 6. The molecule has 1 unspecified atom stereocenters. The number of fused-ring (bicyclic) bond motifs is 1. The second kappa shape index (κ2) is 11.9. The van der Waals surface area contributed by atoms with Crippen LogP contribution in [0.4, 0.5) is 11.8 Å². The van der Waals surface area contributed by atoms with Gasteiger partial charge in [-0.25, -0.2) is 4.98 Å². The SMILES string of the molecule is CCN(CC)CCCC(C)Nc1nc(NCc2cccc(OC)c2)nc2c(Cl)cccc12. The number of rotatable bonds is 12. The van der Waals surface area contributed by atoms with Gasteiger partial charge in [0.2, 0.25) is 5.95 Å². The van der Waals surface area contributed by atoms with E-state index in [2.05, 4.69) is 41.3 Å². The highest BCUT2D eigenvalue weighted by atomic mass is 35.5. The molecule has 0 saturated carbocycles. The highest BCUT2D eigenvalue weighted by Gasteiger charge is 2.13. The van der Waals surface area contributed by atoms with Crippen LogP contribution in [0.1, 0.15) is 39.2 Å². The molecule has 172 valence electrons. The molecule has 0 aliphatic carbocycles. The Morgan fingerprint density at radius 2 is 1.88 bits per heavy atom. The van der Waals surface area contributed by atoms with Crippen LogP contribution in [-0.4, -0.2) is 47.7 Å². The molecule has 0 aliphatic heterocycles. The third-order valence-electron chi connectivity index (χ3n) is 5.65. The number of para-hydroxylation sites is 1. The van der Waals surface area contributed by atoms with E-state index < -0.39 is 0 Å². The second-order valence-corrected chi connectivity index (χ2v) is 8.36. The molecule has 1 heterocycles. The lowest BCUT2D eigenvalue weighted by Gasteiger charge is -2.21. The van der Waals surface area contributed by atoms with Crippen LogP contribution in [0.2, 0.25) is 5.02 Å². The summed E-state index contributed by atoms with van der Waals surface area (Å²) in [6.07, 6.45) is 2.20. The van der Waals surface area contributed by atoms with Gasteiger partial charge in [-0.2, -0.15) is 4.98 Å². The van der Waals surface area contributed by atoms with Crippen molar-refractivity contribution in [3.63, 3.8) is 0 Å². The Balaban J connectivity index is 1.75. The van der Waals surface area contributed by atoms with E-state index in [1.807, 2.05) is 42.5 Å². The standard InChI is InChI=1S/C25H34ClN5O/c1-5-31(6-2)15-9-10-18(3)28-24-21-13-8-14-22(26)23(21)29-25(30-24)27-17-19-11-7-12-20(16-19)32-4/h7-8,11-14,16,18H,5-6,9-10,15,17H2,1-4H3,(H2,27,28,29,30). The van der Waals surface area contributed by atoms with Gasteiger partial charge in [0.25, 0.3) is 0 Å². The van der Waals surface area contributed by atoms with Crippen molar-refractivity contribution in [1.82, 2.24) is 14.9 Å². The van der Waals surface area contributed by atoms with E-state index >= 15 is 0 Å². The average Bonchev–Trinajstić information content (AvgIpc) is 2.81. The normalized spacial score (nSPS) is 12.2. The van der Waals surface area contributed by atoms with Crippen molar-refractivity contribution >= 4 is 34.3 Å². The van der Waals surface area contributed by atoms with Gasteiger partial charge < -0.3 is 20.3 Å². The molecule has 1 atom stereocenters. The van der Waals surface area contributed by atoms with Crippen LogP contribution >= 0.6 is 11.6 Å². The van der Waals surface area contributed by atoms with E-state index in [9.17, 15) is 0 Å². The number of ether oxygens (including phenoxy) is 1. The van der Waals surface area contributed by atoms with Crippen LogP contribution in [0.5, 0.6) is 5.75 Å². The number of hydrogen-bond donors (Lipinski definition) is 2. The molecule has 0 aliphatic rings. The molecular weight excluding hydrogens is 422 g/mol. The summed E-state index contributed by atoms with van der Waals surface area (Å²) < 4.78 is 5.31. The summed E-state index contributed by atoms with van der Waals surface area (Å²) in [7, 11) is 1.67. The van der Waals surface area contributed by atoms with Gasteiger partial charge in [-0.3, -0.25) is 0 Å². The fraction of sp³-hybridized carbons (Fsp3) is 0.440. The van der Waals surface area contributed by atoms with Gasteiger partial charge in [0.05, 0.1) is 17.6 Å². The molecule has 1 aromatic heterocycles. The molecule has 3 rings (SSSR count). The van der Waals surface area contributed by atoms with E-state index in [0.29, 0.717) is 17.5 Å². The minimum absolute atomic E-state index is 0.286. The van der Waals surface area contributed by atoms with Crippen molar-refractivity contribution in [2.45, 2.75) is 46.2 Å². The van der Waals surface area contributed by atoms with E-state index in [0.717, 1.165) is 60.5 Å². The van der Waals surface area contributed by atoms with E-state index in [1.165, 1.54) is 0 Å². The van der Waals surface area contributed by atoms with Crippen molar-refractivity contribution < 1.29 is 4.74 Å². The van der Waals surface area contributed by atoms with E-state index in [1.54, 1.807) is 7.11 Å². The first kappa shape index (κ1) is 24.1. The maximum atomic E-state index is 6.48. The second-order valence-electron chi connectivity index (χ2n) is 7.95. The molecule has 0 fully saturated rings. The Morgan fingerprint density at radius 1 is 1.09 bits per heavy atom. The molecule has 0 bridgehead atoms. The van der Waals surface area contributed by atoms with Crippen LogP contribution < -0.4 is 15.4 Å². The zero-order valence-corrected chi connectivity index (χ0v) is 20.2. The van der Waals surface area contributed by atoms with Gasteiger partial charge in [-0.15, -0.1) is 0 Å². The maximum Gasteiger partial charge on any atom is 0.225 e. The summed E-state index contributed by atoms with van der Waals surface area (Å²) in [5, 5.41) is 8.47. The highest BCUT2D eigenvalue weighted by Crippen LogP contribution is 2.28. The summed E-state index contributed by atoms with van der Waals surface area (Å²) in [5.41, 5.74) is 1.83. The largest absolute Gasteiger partial charge is 0.497 e. The molecule has 7 heteroatoms. The Hall–Kier alpha value is -2.57. The lowest BCUT2D eigenvalue weighted by atomic mass is 10.1. The molecule has 0 spiro atoms. The van der Waals surface area contributed by atoms with Crippen molar-refractivity contribution in [3.05, 3.63) is 53.1 Å². The Kier molecular flexibility index (Phi) is 8.94. The molecule has 3 aromatic rings. The number of benzene rings is 2. The smallest absolute Gasteiger partial charge is 0.225 e. The molecule has 0 saturated heterocycles. The van der Waals surface area contributed by atoms with E-state index in [4.69, 9.17) is 21.3 Å². The minimum atomic E-state index is 0.286. The van der Waals surface area contributed by atoms with Crippen molar-refractivity contribution in [3.8, 4) is 5.75 Å². The lowest BCUT2D eigenvalue weighted by molar-refractivity contribution is 0.295. The number of methoxy groups -OCH3 is 1. The van der Waals surface area contributed by atoms with Gasteiger partial charge in [0, 0.05) is 18.0 Å². The number of aromatic nitrogens is 2. The zero-order chi connectivity index (χ0) is 22.9. The molecule has 0 amide bonds. The summed E-state index contributed by atoms with van der Waals surface area (Å²) in [4.78, 5) is 11.9. The Labute approximate surface area is 196 Å². The fourth-order valence-electron chi connectivity index (χ4n) is 3.74. The van der Waals surface area contributed by atoms with Crippen molar-refractivity contribution in [2.24, 2.45) is 0 Å². The first-order valence-electron chi connectivity index (χ1n) is 11.4. The van der Waals surface area contributed by atoms with Crippen molar-refractivity contribution in [2.75, 3.05) is 37.4 Å². The lowest BCUT2D eigenvalue weighted by Crippen LogP contribution is -2.25. The topological polar surface area (TPSA) is 62.3 Å². The van der Waals surface area contributed by atoms with Crippen LogP contribution in [0.25, 0.3) is 10.9 Å². The summed E-state index contributed by atoms with van der Waals surface area (Å²) in [6, 6.07) is 14.0. The predicted molar refractivity (Wildman–Crippen MR) is 135 cm³/mol. The van der Waals surface area contributed by atoms with Gasteiger partial charge in [-0.05, 0) is 69.2 Å². The Morgan fingerprint density at radius 3 is 2.62 bits per heavy atom. The first-order valence-corrected chi connectivity index (χ1v) is 11.7. The molecule has 6 nitrogen and oxygen atoms in total. The van der Waals surface area contributed by atoms with Gasteiger partial charge in [-0.1, -0.05) is 43.6 Å². The fourth-order valence-corrected chi connectivity index (χ4v) is 3.95. The molecule has 2 aromatic carbocycles. The van der Waals surface area contributed by atoms with Crippen molar-refractivity contribution in [1.29, 1.82) is 0 Å². The van der Waals surface area contributed by atoms with Crippen LogP contribution in [0.15, 0.2) is 42.5 Å². The summed E-state index contributed by atoms with van der Waals surface area (Å²) in [5.74, 6) is 2.18. The number of anilines is 2. The molecule has 2 N–H and O–H groups in total. The quantitative estimate of drug-likeness (QED) is 0.358. The number of halogens is 1. The van der Waals surface area contributed by atoms with Gasteiger partial charge >= 0.3 is 0 Å². The van der Waals surface area contributed by atoms with Crippen LogP contribution in [0, 0.1) is 0 Å². The molecule has 0 radical (unpaired) electrons. The number of nitrogens with zero attached hydrogens (tertiary/aromatic N) is 3. The third-order valence-corrected chi connectivity index (χ3v) is 5.96. The molecular formula is C25H34ClN5O. The average molecular weight is 456 g/mol. The van der Waals surface area contributed by atoms with Crippen LogP contribution in [-0.2, 0) is 6.54 Å². The van der Waals surface area contributed by atoms with Crippen LogP contribution in [0.3, 0.4) is 0 Å². The zero-order valence-electron chi connectivity index (χ0n) is 19.5. The summed E-state index contributed by atoms with van der Waals surface area (Å²) >= 11 is 6.48.